The predicted octanol–water partition coefficient (Wildman–Crippen LogP) is 2.29. The van der Waals surface area contributed by atoms with Gasteiger partial charge in [-0.05, 0) is 43.5 Å². The Balaban J connectivity index is 1.62. The van der Waals surface area contributed by atoms with Crippen molar-refractivity contribution in [1.29, 1.82) is 0 Å². The Hall–Kier alpha value is -2.44. The third kappa shape index (κ3) is 5.05. The summed E-state index contributed by atoms with van der Waals surface area (Å²) in [5.74, 6) is -0.432. The van der Waals surface area contributed by atoms with Crippen LogP contribution < -0.4 is 4.90 Å². The summed E-state index contributed by atoms with van der Waals surface area (Å²) in [7, 11) is 0. The monoisotopic (exact) mass is 369 g/mol. The number of pyridine rings is 1. The molecule has 2 N–H and O–H groups in total. The van der Waals surface area contributed by atoms with E-state index in [1.165, 1.54) is 5.56 Å². The van der Waals surface area contributed by atoms with E-state index in [-0.39, 0.29) is 18.2 Å². The zero-order valence-electron chi connectivity index (χ0n) is 15.5. The van der Waals surface area contributed by atoms with E-state index in [2.05, 4.69) is 34.1 Å². The van der Waals surface area contributed by atoms with E-state index in [9.17, 15) is 15.0 Å². The highest BCUT2D eigenvalue weighted by atomic mass is 16.4. The maximum atomic E-state index is 11.5. The van der Waals surface area contributed by atoms with Gasteiger partial charge >= 0.3 is 5.97 Å². The molecule has 1 fully saturated rings. The van der Waals surface area contributed by atoms with Crippen LogP contribution in [0.25, 0.3) is 0 Å². The summed E-state index contributed by atoms with van der Waals surface area (Å²) in [5, 5.41) is 18.9. The SMILES string of the molecule is O=C(O)c1cccnc1N1CCN(CCCc2ccccc2)[C@H](CCO)C1. The molecule has 6 heteroatoms. The number of nitrogens with zero attached hydrogens (tertiary/aromatic N) is 3. The molecule has 1 aromatic heterocycles. The number of benzene rings is 1. The second kappa shape index (κ2) is 9.48. The Labute approximate surface area is 160 Å². The minimum atomic E-state index is -0.956. The highest BCUT2D eigenvalue weighted by molar-refractivity contribution is 5.93. The number of rotatable bonds is 8. The lowest BCUT2D eigenvalue weighted by Crippen LogP contribution is -2.54. The number of anilines is 1. The number of aliphatic hydroxyl groups is 1. The number of aryl methyl sites for hydroxylation is 1. The van der Waals surface area contributed by atoms with E-state index >= 15 is 0 Å². The zero-order chi connectivity index (χ0) is 19.1. The van der Waals surface area contributed by atoms with E-state index in [0.29, 0.717) is 18.8 Å². The van der Waals surface area contributed by atoms with E-state index in [1.54, 1.807) is 18.3 Å². The lowest BCUT2D eigenvalue weighted by atomic mass is 10.1. The summed E-state index contributed by atoms with van der Waals surface area (Å²) < 4.78 is 0. The van der Waals surface area contributed by atoms with Crippen LogP contribution in [0.1, 0.15) is 28.8 Å². The van der Waals surface area contributed by atoms with Gasteiger partial charge in [0, 0.05) is 38.5 Å². The van der Waals surface area contributed by atoms with Crippen LogP contribution in [-0.4, -0.2) is 64.9 Å². The van der Waals surface area contributed by atoms with Crippen molar-refractivity contribution in [2.24, 2.45) is 0 Å². The number of carboxylic acids is 1. The van der Waals surface area contributed by atoms with Crippen molar-refractivity contribution in [3.8, 4) is 0 Å². The Morgan fingerprint density at radius 1 is 1.15 bits per heavy atom. The standard InChI is InChI=1S/C21H27N3O3/c25-15-10-18-16-24(20-19(21(26)27)9-4-11-22-20)14-13-23(18)12-5-8-17-6-2-1-3-7-17/h1-4,6-7,9,11,18,25H,5,8,10,12-16H2,(H,26,27)/t18-/m1/s1. The lowest BCUT2D eigenvalue weighted by Gasteiger charge is -2.42. The number of aromatic nitrogens is 1. The summed E-state index contributed by atoms with van der Waals surface area (Å²) in [6.07, 6.45) is 4.42. The molecule has 3 rings (SSSR count). The van der Waals surface area contributed by atoms with Gasteiger partial charge in [-0.1, -0.05) is 30.3 Å². The van der Waals surface area contributed by atoms with Gasteiger partial charge in [0.1, 0.15) is 11.4 Å². The predicted molar refractivity (Wildman–Crippen MR) is 105 cm³/mol. The first-order valence-electron chi connectivity index (χ1n) is 9.51. The van der Waals surface area contributed by atoms with Crippen molar-refractivity contribution >= 4 is 11.8 Å². The maximum absolute atomic E-state index is 11.5. The van der Waals surface area contributed by atoms with Crippen LogP contribution in [0.3, 0.4) is 0 Å². The normalized spacial score (nSPS) is 17.8. The van der Waals surface area contributed by atoms with Gasteiger partial charge in [-0.25, -0.2) is 9.78 Å². The van der Waals surface area contributed by atoms with E-state index in [0.717, 1.165) is 32.5 Å². The molecule has 1 aliphatic heterocycles. The minimum absolute atomic E-state index is 0.127. The van der Waals surface area contributed by atoms with Gasteiger partial charge in [0.05, 0.1) is 0 Å². The van der Waals surface area contributed by atoms with Crippen LogP contribution in [0.5, 0.6) is 0 Å². The fourth-order valence-electron chi connectivity index (χ4n) is 3.75. The summed E-state index contributed by atoms with van der Waals surface area (Å²) in [5.41, 5.74) is 1.58. The van der Waals surface area contributed by atoms with Crippen LogP contribution >= 0.6 is 0 Å². The second-order valence-corrected chi connectivity index (χ2v) is 6.92. The van der Waals surface area contributed by atoms with Crippen LogP contribution in [0, 0.1) is 0 Å². The zero-order valence-corrected chi connectivity index (χ0v) is 15.5. The van der Waals surface area contributed by atoms with Crippen LogP contribution in [0.4, 0.5) is 5.82 Å². The molecule has 144 valence electrons. The topological polar surface area (TPSA) is 76.9 Å². The van der Waals surface area contributed by atoms with Gasteiger partial charge in [0.15, 0.2) is 0 Å². The lowest BCUT2D eigenvalue weighted by molar-refractivity contribution is 0.0696. The largest absolute Gasteiger partial charge is 0.478 e. The van der Waals surface area contributed by atoms with Crippen molar-refractivity contribution in [2.45, 2.75) is 25.3 Å². The number of hydrogen-bond acceptors (Lipinski definition) is 5. The van der Waals surface area contributed by atoms with Gasteiger partial charge in [0.2, 0.25) is 0 Å². The number of carboxylic acid groups (broad SMARTS) is 1. The number of hydrogen-bond donors (Lipinski definition) is 2. The molecule has 0 radical (unpaired) electrons. The summed E-state index contributed by atoms with van der Waals surface area (Å²) >= 11 is 0. The fourth-order valence-corrected chi connectivity index (χ4v) is 3.75. The summed E-state index contributed by atoms with van der Waals surface area (Å²) in [4.78, 5) is 20.3. The van der Waals surface area contributed by atoms with Gasteiger partial charge in [-0.2, -0.15) is 0 Å². The number of piperazine rings is 1. The van der Waals surface area contributed by atoms with Crippen molar-refractivity contribution in [1.82, 2.24) is 9.88 Å². The van der Waals surface area contributed by atoms with Crippen LogP contribution in [0.2, 0.25) is 0 Å². The molecular formula is C21H27N3O3. The molecule has 0 spiro atoms. The summed E-state index contributed by atoms with van der Waals surface area (Å²) in [6, 6.07) is 13.9. The molecule has 0 saturated carbocycles. The quantitative estimate of drug-likeness (QED) is 0.743. The van der Waals surface area contributed by atoms with E-state index in [1.807, 2.05) is 11.0 Å². The first-order chi connectivity index (χ1) is 13.2. The fraction of sp³-hybridized carbons (Fsp3) is 0.429. The van der Waals surface area contributed by atoms with Crippen molar-refractivity contribution in [3.63, 3.8) is 0 Å². The average molecular weight is 369 g/mol. The smallest absolute Gasteiger partial charge is 0.339 e. The number of aromatic carboxylic acids is 1. The van der Waals surface area contributed by atoms with Crippen LogP contribution in [0.15, 0.2) is 48.7 Å². The minimum Gasteiger partial charge on any atom is -0.478 e. The second-order valence-electron chi connectivity index (χ2n) is 6.92. The Morgan fingerprint density at radius 3 is 2.70 bits per heavy atom. The molecule has 1 aliphatic rings. The van der Waals surface area contributed by atoms with Gasteiger partial charge in [0.25, 0.3) is 0 Å². The van der Waals surface area contributed by atoms with E-state index in [4.69, 9.17) is 0 Å². The average Bonchev–Trinajstić information content (AvgIpc) is 2.70. The highest BCUT2D eigenvalue weighted by Crippen LogP contribution is 2.22. The van der Waals surface area contributed by atoms with Gasteiger partial charge in [-0.3, -0.25) is 4.90 Å². The highest BCUT2D eigenvalue weighted by Gasteiger charge is 2.29. The van der Waals surface area contributed by atoms with Crippen molar-refractivity contribution in [3.05, 3.63) is 59.8 Å². The first-order valence-corrected chi connectivity index (χ1v) is 9.51. The summed E-state index contributed by atoms with van der Waals surface area (Å²) in [6.45, 7) is 3.37. The molecule has 1 atom stereocenters. The third-order valence-electron chi connectivity index (χ3n) is 5.14. The Morgan fingerprint density at radius 2 is 1.96 bits per heavy atom. The first kappa shape index (κ1) is 19.3. The molecule has 2 aromatic rings. The molecule has 0 unspecified atom stereocenters. The van der Waals surface area contributed by atoms with Crippen molar-refractivity contribution < 1.29 is 15.0 Å². The Kier molecular flexibility index (Phi) is 6.79. The molecular weight excluding hydrogens is 342 g/mol. The molecule has 27 heavy (non-hydrogen) atoms. The third-order valence-corrected chi connectivity index (χ3v) is 5.14. The van der Waals surface area contributed by atoms with Gasteiger partial charge < -0.3 is 15.1 Å². The van der Waals surface area contributed by atoms with Crippen LogP contribution in [-0.2, 0) is 6.42 Å². The van der Waals surface area contributed by atoms with Gasteiger partial charge in [-0.15, -0.1) is 0 Å². The molecule has 2 heterocycles. The Bertz CT molecular complexity index is 738. The molecule has 1 aromatic carbocycles. The van der Waals surface area contributed by atoms with E-state index < -0.39 is 5.97 Å². The molecule has 0 amide bonds. The molecule has 0 bridgehead atoms. The molecule has 6 nitrogen and oxygen atoms in total. The number of aliphatic hydroxyl groups excluding tert-OH is 1. The number of carbonyl (C=O) groups is 1. The molecule has 1 saturated heterocycles. The maximum Gasteiger partial charge on any atom is 0.339 e. The van der Waals surface area contributed by atoms with Crippen molar-refractivity contribution in [2.75, 3.05) is 37.7 Å². The molecule has 0 aliphatic carbocycles.